The molecule has 2 amide bonds. The van der Waals surface area contributed by atoms with Crippen molar-refractivity contribution >= 4 is 56.3 Å². The van der Waals surface area contributed by atoms with Crippen LogP contribution >= 0.6 is 27.5 Å². The maximum atomic E-state index is 13.1. The summed E-state index contributed by atoms with van der Waals surface area (Å²) in [5.74, 6) is -2.11. The van der Waals surface area contributed by atoms with Crippen LogP contribution in [0.25, 0.3) is 16.5 Å². The van der Waals surface area contributed by atoms with Crippen LogP contribution in [0.4, 0.5) is 0 Å². The van der Waals surface area contributed by atoms with Gasteiger partial charge in [0.15, 0.2) is 0 Å². The Morgan fingerprint density at radius 3 is 2.32 bits per heavy atom. The molecule has 2 N–H and O–H groups in total. The molecule has 0 saturated heterocycles. The number of imide groups is 1. The number of rotatable bonds is 3. The Bertz CT molecular complexity index is 1650. The molecular weight excluding hydrogens is 528 g/mol. The topological polar surface area (TPSA) is 125 Å². The van der Waals surface area contributed by atoms with Crippen LogP contribution in [-0.4, -0.2) is 37.7 Å². The first kappa shape index (κ1) is 21.8. The lowest BCUT2D eigenvalue weighted by molar-refractivity contribution is 0.0616. The number of aromatic nitrogens is 2. The number of nitrogens with zero attached hydrogens (tertiary/aromatic N) is 3. The molecule has 0 fully saturated rings. The molecule has 1 aromatic heterocycles. The number of benzene rings is 3. The highest BCUT2D eigenvalue weighted by Gasteiger charge is 2.33. The molecular formula is C23H12BrClN4O5. The monoisotopic (exact) mass is 538 g/mol. The zero-order valence-corrected chi connectivity index (χ0v) is 19.3. The lowest BCUT2D eigenvalue weighted by Crippen LogP contribution is -2.37. The summed E-state index contributed by atoms with van der Waals surface area (Å²) in [6.45, 7) is 0. The van der Waals surface area contributed by atoms with E-state index in [0.717, 1.165) is 15.3 Å². The maximum absolute atomic E-state index is 13.1. The minimum Gasteiger partial charge on any atom is -0.493 e. The van der Waals surface area contributed by atoms with Gasteiger partial charge in [-0.1, -0.05) is 39.7 Å². The van der Waals surface area contributed by atoms with E-state index in [4.69, 9.17) is 11.6 Å². The number of carbonyl (C=O) groups excluding carboxylic acids is 2. The molecule has 0 radical (unpaired) electrons. The molecule has 1 aliphatic heterocycles. The summed E-state index contributed by atoms with van der Waals surface area (Å²) in [7, 11) is 0. The molecule has 0 spiro atoms. The van der Waals surface area contributed by atoms with Crippen molar-refractivity contribution in [3.63, 3.8) is 0 Å². The Morgan fingerprint density at radius 2 is 1.62 bits per heavy atom. The number of nitrogens with one attached hydrogen (secondary N) is 1. The standard InChI is InChI=1S/C23H12BrClN4O5/c24-17-9-8-15-18-13(17)2-1-3-14(18)21(32)29(22(15)33)26-10-16-19(30)27-23(34)28(20(16)31)12-6-4-11(25)5-7-12/h1-10,31H,(H,27,30,34). The van der Waals surface area contributed by atoms with E-state index in [9.17, 15) is 24.3 Å². The smallest absolute Gasteiger partial charge is 0.335 e. The molecule has 11 heteroatoms. The third-order valence-corrected chi connectivity index (χ3v) is 6.28. The molecule has 1 aliphatic rings. The van der Waals surface area contributed by atoms with E-state index in [1.54, 1.807) is 30.3 Å². The first-order valence-corrected chi connectivity index (χ1v) is 10.9. The second-order valence-corrected chi connectivity index (χ2v) is 8.59. The molecule has 0 atom stereocenters. The molecule has 34 heavy (non-hydrogen) atoms. The number of aromatic amines is 1. The Kier molecular flexibility index (Phi) is 5.18. The Balaban J connectivity index is 1.61. The molecule has 0 unspecified atom stereocenters. The number of aromatic hydroxyl groups is 1. The van der Waals surface area contributed by atoms with E-state index < -0.39 is 34.5 Å². The van der Waals surface area contributed by atoms with Gasteiger partial charge in [-0.05, 0) is 47.9 Å². The van der Waals surface area contributed by atoms with Crippen LogP contribution in [0, 0.1) is 0 Å². The number of hydrogen-bond acceptors (Lipinski definition) is 6. The first-order chi connectivity index (χ1) is 16.3. The zero-order chi connectivity index (χ0) is 24.1. The normalized spacial score (nSPS) is 13.3. The van der Waals surface area contributed by atoms with Crippen molar-refractivity contribution in [3.8, 4) is 11.6 Å². The van der Waals surface area contributed by atoms with E-state index in [-0.39, 0.29) is 16.8 Å². The predicted molar refractivity (Wildman–Crippen MR) is 129 cm³/mol. The van der Waals surface area contributed by atoms with Crippen LogP contribution < -0.4 is 11.2 Å². The van der Waals surface area contributed by atoms with Crippen LogP contribution in [0.3, 0.4) is 0 Å². The third-order valence-electron chi connectivity index (χ3n) is 5.34. The Labute approximate surface area is 203 Å². The SMILES string of the molecule is O=C1c2cccc3c(Br)ccc(c23)C(=O)N1N=Cc1c(O)n(-c2ccc(Cl)cc2)c(=O)[nH]c1=O. The largest absolute Gasteiger partial charge is 0.493 e. The second-order valence-electron chi connectivity index (χ2n) is 7.30. The van der Waals surface area contributed by atoms with Crippen LogP contribution in [-0.2, 0) is 0 Å². The summed E-state index contributed by atoms with van der Waals surface area (Å²) in [5, 5.41) is 16.8. The fourth-order valence-corrected chi connectivity index (χ4v) is 4.34. The summed E-state index contributed by atoms with van der Waals surface area (Å²) < 4.78 is 1.57. The zero-order valence-electron chi connectivity index (χ0n) is 17.0. The van der Waals surface area contributed by atoms with Crippen molar-refractivity contribution in [3.05, 3.63) is 102 Å². The Hall–Kier alpha value is -4.02. The second kappa shape index (κ2) is 8.08. The van der Waals surface area contributed by atoms with Crippen LogP contribution in [0.1, 0.15) is 26.3 Å². The van der Waals surface area contributed by atoms with E-state index in [2.05, 4.69) is 26.0 Å². The van der Waals surface area contributed by atoms with Crippen LogP contribution in [0.5, 0.6) is 5.88 Å². The number of hydrogen-bond donors (Lipinski definition) is 2. The van der Waals surface area contributed by atoms with Gasteiger partial charge in [-0.3, -0.25) is 19.4 Å². The van der Waals surface area contributed by atoms with Gasteiger partial charge in [0, 0.05) is 14.9 Å². The molecule has 0 saturated carbocycles. The summed E-state index contributed by atoms with van der Waals surface area (Å²) in [6, 6.07) is 14.2. The highest BCUT2D eigenvalue weighted by Crippen LogP contribution is 2.34. The third kappa shape index (κ3) is 3.35. The summed E-state index contributed by atoms with van der Waals surface area (Å²) in [5.41, 5.74) is -1.51. The average molecular weight is 540 g/mol. The summed E-state index contributed by atoms with van der Waals surface area (Å²) in [6.07, 6.45) is 0.861. The number of halogens is 2. The summed E-state index contributed by atoms with van der Waals surface area (Å²) >= 11 is 9.29. The van der Waals surface area contributed by atoms with Gasteiger partial charge in [-0.15, -0.1) is 0 Å². The van der Waals surface area contributed by atoms with Crippen molar-refractivity contribution in [2.75, 3.05) is 0 Å². The first-order valence-electron chi connectivity index (χ1n) is 9.76. The van der Waals surface area contributed by atoms with Gasteiger partial charge in [0.2, 0.25) is 5.88 Å². The van der Waals surface area contributed by atoms with E-state index in [0.29, 0.717) is 20.8 Å². The van der Waals surface area contributed by atoms with Crippen LogP contribution in [0.15, 0.2) is 73.8 Å². The molecule has 9 nitrogen and oxygen atoms in total. The van der Waals surface area contributed by atoms with Gasteiger partial charge in [-0.2, -0.15) is 10.1 Å². The molecule has 3 aromatic carbocycles. The molecule has 168 valence electrons. The van der Waals surface area contributed by atoms with Crippen molar-refractivity contribution in [2.24, 2.45) is 5.10 Å². The molecule has 0 bridgehead atoms. The van der Waals surface area contributed by atoms with Crippen LogP contribution in [0.2, 0.25) is 5.02 Å². The van der Waals surface area contributed by atoms with Crippen molar-refractivity contribution in [1.29, 1.82) is 0 Å². The van der Waals surface area contributed by atoms with E-state index in [1.807, 2.05) is 0 Å². The van der Waals surface area contributed by atoms with Gasteiger partial charge in [0.25, 0.3) is 17.4 Å². The van der Waals surface area contributed by atoms with Gasteiger partial charge >= 0.3 is 5.69 Å². The molecule has 0 aliphatic carbocycles. The van der Waals surface area contributed by atoms with E-state index >= 15 is 0 Å². The fourth-order valence-electron chi connectivity index (χ4n) is 3.75. The predicted octanol–water partition coefficient (Wildman–Crippen LogP) is 3.43. The molecule has 5 rings (SSSR count). The van der Waals surface area contributed by atoms with E-state index in [1.165, 1.54) is 24.3 Å². The van der Waals surface area contributed by atoms with Crippen molar-refractivity contribution < 1.29 is 14.7 Å². The summed E-state index contributed by atoms with van der Waals surface area (Å²) in [4.78, 5) is 52.9. The van der Waals surface area contributed by atoms with Gasteiger partial charge in [-0.25, -0.2) is 9.36 Å². The van der Waals surface area contributed by atoms with Crippen molar-refractivity contribution in [1.82, 2.24) is 14.6 Å². The Morgan fingerprint density at radius 1 is 0.941 bits per heavy atom. The quantitative estimate of drug-likeness (QED) is 0.305. The average Bonchev–Trinajstić information content (AvgIpc) is 2.81. The number of hydrazone groups is 1. The van der Waals surface area contributed by atoms with Crippen molar-refractivity contribution in [2.45, 2.75) is 0 Å². The fraction of sp³-hybridized carbons (Fsp3) is 0. The highest BCUT2D eigenvalue weighted by atomic mass is 79.9. The number of carbonyl (C=O) groups is 2. The number of H-pyrrole nitrogens is 1. The number of amides is 2. The highest BCUT2D eigenvalue weighted by molar-refractivity contribution is 9.10. The lowest BCUT2D eigenvalue weighted by Gasteiger charge is -2.23. The minimum absolute atomic E-state index is 0.231. The maximum Gasteiger partial charge on any atom is 0.335 e. The van der Waals surface area contributed by atoms with Gasteiger partial charge in [0.05, 0.1) is 23.0 Å². The molecule has 4 aromatic rings. The van der Waals surface area contributed by atoms with Gasteiger partial charge < -0.3 is 5.11 Å². The van der Waals surface area contributed by atoms with Gasteiger partial charge in [0.1, 0.15) is 5.56 Å². The minimum atomic E-state index is -0.945. The molecule has 2 heterocycles. The lowest BCUT2D eigenvalue weighted by atomic mass is 9.95.